The van der Waals surface area contributed by atoms with Gasteiger partial charge in [-0.15, -0.1) is 0 Å². The quantitative estimate of drug-likeness (QED) is 0.366. The molecular weight excluding hydrogens is 126 g/mol. The van der Waals surface area contributed by atoms with Crippen LogP contribution >= 0.6 is 0 Å². The molecule has 5 heteroatoms. The van der Waals surface area contributed by atoms with E-state index in [0.717, 1.165) is 0 Å². The second kappa shape index (κ2) is 1.58. The molecule has 1 unspecified atom stereocenters. The topological polar surface area (TPSA) is 27.6 Å². The standard InChI is InChI=1S/C3H5F4N/c1-2(4,8)3(5,6)7/h8H2,1H3/p+1. The van der Waals surface area contributed by atoms with Gasteiger partial charge in [-0.1, -0.05) is 0 Å². The van der Waals surface area contributed by atoms with E-state index < -0.39 is 12.0 Å². The van der Waals surface area contributed by atoms with E-state index in [1.807, 2.05) is 0 Å². The molecule has 0 aromatic carbocycles. The Balaban J connectivity index is 4.02. The SMILES string of the molecule is CC([NH3+])(F)C(F)(F)F. The van der Waals surface area contributed by atoms with E-state index in [0.29, 0.717) is 6.92 Å². The first-order valence-corrected chi connectivity index (χ1v) is 1.86. The number of quaternary nitrogens is 1. The predicted molar refractivity (Wildman–Crippen MR) is 18.5 cm³/mol. The lowest BCUT2D eigenvalue weighted by molar-refractivity contribution is -0.576. The van der Waals surface area contributed by atoms with Crippen LogP contribution in [0.2, 0.25) is 0 Å². The van der Waals surface area contributed by atoms with Gasteiger partial charge in [-0.2, -0.15) is 17.6 Å². The maximum Gasteiger partial charge on any atom is 0.477 e. The summed E-state index contributed by atoms with van der Waals surface area (Å²) < 4.78 is 45.0. The number of halogens is 4. The molecule has 0 aliphatic rings. The summed E-state index contributed by atoms with van der Waals surface area (Å²) in [6, 6.07) is 0. The molecule has 0 bridgehead atoms. The molecule has 0 rings (SSSR count). The zero-order valence-corrected chi connectivity index (χ0v) is 4.22. The largest absolute Gasteiger partial charge is 0.477 e. The molecule has 3 N–H and O–H groups in total. The molecule has 0 aliphatic heterocycles. The van der Waals surface area contributed by atoms with Crippen LogP contribution in [0.5, 0.6) is 0 Å². The zero-order chi connectivity index (χ0) is 7.00. The fourth-order valence-electron chi connectivity index (χ4n) is 0. The van der Waals surface area contributed by atoms with Gasteiger partial charge in [0, 0.05) is 6.92 Å². The third kappa shape index (κ3) is 1.65. The highest BCUT2D eigenvalue weighted by atomic mass is 19.4. The van der Waals surface area contributed by atoms with Crippen LogP contribution in [0.4, 0.5) is 17.6 Å². The Morgan fingerprint density at radius 3 is 1.25 bits per heavy atom. The van der Waals surface area contributed by atoms with Crippen LogP contribution in [0.1, 0.15) is 6.92 Å². The van der Waals surface area contributed by atoms with Gasteiger partial charge in [0.15, 0.2) is 0 Å². The van der Waals surface area contributed by atoms with Gasteiger partial charge in [0.2, 0.25) is 0 Å². The summed E-state index contributed by atoms with van der Waals surface area (Å²) in [5.74, 6) is -3.31. The van der Waals surface area contributed by atoms with E-state index in [9.17, 15) is 17.6 Å². The average molecular weight is 132 g/mol. The molecule has 1 atom stereocenters. The van der Waals surface area contributed by atoms with Crippen LogP contribution in [0.3, 0.4) is 0 Å². The molecule has 0 heterocycles. The van der Waals surface area contributed by atoms with Crippen molar-refractivity contribution in [2.75, 3.05) is 0 Å². The second-order valence-electron chi connectivity index (χ2n) is 1.70. The van der Waals surface area contributed by atoms with Gasteiger partial charge < -0.3 is 5.73 Å². The smallest absolute Gasteiger partial charge is 0.318 e. The monoisotopic (exact) mass is 132 g/mol. The van der Waals surface area contributed by atoms with Crippen molar-refractivity contribution in [1.82, 2.24) is 0 Å². The minimum Gasteiger partial charge on any atom is -0.318 e. The van der Waals surface area contributed by atoms with E-state index in [1.54, 1.807) is 0 Å². The molecule has 0 aromatic rings. The molecule has 8 heavy (non-hydrogen) atoms. The number of hydrogen-bond donors (Lipinski definition) is 1. The fourth-order valence-corrected chi connectivity index (χ4v) is 0. The Morgan fingerprint density at radius 2 is 1.25 bits per heavy atom. The van der Waals surface area contributed by atoms with Gasteiger partial charge in [0.1, 0.15) is 0 Å². The Morgan fingerprint density at radius 1 is 1.12 bits per heavy atom. The van der Waals surface area contributed by atoms with Crippen LogP contribution in [0, 0.1) is 0 Å². The molecular formula is C3H6F4N+. The molecule has 0 saturated heterocycles. The van der Waals surface area contributed by atoms with Gasteiger partial charge >= 0.3 is 12.0 Å². The first kappa shape index (κ1) is 7.68. The van der Waals surface area contributed by atoms with E-state index >= 15 is 0 Å². The molecule has 0 spiro atoms. The molecule has 0 saturated carbocycles. The average Bonchev–Trinajstić information content (AvgIpc) is 1.25. The Hall–Kier alpha value is -0.320. The van der Waals surface area contributed by atoms with Crippen LogP contribution < -0.4 is 5.73 Å². The minimum atomic E-state index is -4.84. The summed E-state index contributed by atoms with van der Waals surface area (Å²) in [4.78, 5) is 0. The summed E-state index contributed by atoms with van der Waals surface area (Å²) in [7, 11) is 0. The fraction of sp³-hybridized carbons (Fsp3) is 1.00. The van der Waals surface area contributed by atoms with Gasteiger partial charge in [-0.25, -0.2) is 0 Å². The van der Waals surface area contributed by atoms with Gasteiger partial charge in [0.25, 0.3) is 0 Å². The predicted octanol–water partition coefficient (Wildman–Crippen LogP) is 0.476. The van der Waals surface area contributed by atoms with E-state index in [1.165, 1.54) is 0 Å². The van der Waals surface area contributed by atoms with Crippen molar-refractivity contribution in [3.63, 3.8) is 0 Å². The maximum atomic E-state index is 11.7. The lowest BCUT2D eigenvalue weighted by Crippen LogP contribution is -2.75. The van der Waals surface area contributed by atoms with Crippen molar-refractivity contribution >= 4 is 0 Å². The minimum absolute atomic E-state index is 0.368. The Labute approximate surface area is 43.5 Å². The summed E-state index contributed by atoms with van der Waals surface area (Å²) in [6.07, 6.45) is -4.84. The first-order chi connectivity index (χ1) is 3.25. The normalized spacial score (nSPS) is 20.2. The van der Waals surface area contributed by atoms with Crippen LogP contribution in [0.25, 0.3) is 0 Å². The van der Waals surface area contributed by atoms with Gasteiger partial charge in [-0.05, 0) is 0 Å². The number of rotatable bonds is 0. The first-order valence-electron chi connectivity index (χ1n) is 1.86. The Kier molecular flexibility index (Phi) is 1.52. The highest BCUT2D eigenvalue weighted by Gasteiger charge is 2.53. The van der Waals surface area contributed by atoms with Crippen LogP contribution in [0.15, 0.2) is 0 Å². The van der Waals surface area contributed by atoms with Crippen molar-refractivity contribution in [2.24, 2.45) is 0 Å². The maximum absolute atomic E-state index is 11.7. The molecule has 50 valence electrons. The molecule has 0 aromatic heterocycles. The van der Waals surface area contributed by atoms with Crippen molar-refractivity contribution in [1.29, 1.82) is 0 Å². The molecule has 0 amide bonds. The zero-order valence-electron chi connectivity index (χ0n) is 4.22. The number of alkyl halides is 4. The lowest BCUT2D eigenvalue weighted by Gasteiger charge is -2.13. The molecule has 0 fully saturated rings. The molecule has 0 aliphatic carbocycles. The summed E-state index contributed by atoms with van der Waals surface area (Å²) >= 11 is 0. The van der Waals surface area contributed by atoms with Crippen LogP contribution in [-0.4, -0.2) is 12.0 Å². The summed E-state index contributed by atoms with van der Waals surface area (Å²) in [5, 5.41) is 0. The van der Waals surface area contributed by atoms with E-state index in [4.69, 9.17) is 0 Å². The Bertz CT molecular complexity index is 66.3. The van der Waals surface area contributed by atoms with Gasteiger partial charge in [-0.3, -0.25) is 0 Å². The van der Waals surface area contributed by atoms with Gasteiger partial charge in [0.05, 0.1) is 0 Å². The summed E-state index contributed by atoms with van der Waals surface area (Å²) in [5.41, 5.74) is 2.25. The third-order valence-corrected chi connectivity index (χ3v) is 0.591. The van der Waals surface area contributed by atoms with Crippen molar-refractivity contribution < 1.29 is 23.3 Å². The van der Waals surface area contributed by atoms with Crippen LogP contribution in [-0.2, 0) is 0 Å². The van der Waals surface area contributed by atoms with Crippen molar-refractivity contribution in [3.8, 4) is 0 Å². The van der Waals surface area contributed by atoms with E-state index in [-0.39, 0.29) is 0 Å². The number of hydrogen-bond acceptors (Lipinski definition) is 0. The van der Waals surface area contributed by atoms with Crippen molar-refractivity contribution in [3.05, 3.63) is 0 Å². The third-order valence-electron chi connectivity index (χ3n) is 0.591. The van der Waals surface area contributed by atoms with Crippen molar-refractivity contribution in [2.45, 2.75) is 18.9 Å². The molecule has 1 nitrogen and oxygen atoms in total. The highest BCUT2D eigenvalue weighted by molar-refractivity contribution is 4.64. The summed E-state index contributed by atoms with van der Waals surface area (Å²) in [6.45, 7) is 0.368. The second-order valence-corrected chi connectivity index (χ2v) is 1.70. The highest BCUT2D eigenvalue weighted by Crippen LogP contribution is 2.26. The lowest BCUT2D eigenvalue weighted by atomic mass is 10.3. The van der Waals surface area contributed by atoms with E-state index in [2.05, 4.69) is 5.73 Å². The molecule has 0 radical (unpaired) electrons.